The maximum atomic E-state index is 9.33. The van der Waals surface area contributed by atoms with Crippen LogP contribution in [-0.4, -0.2) is 16.5 Å². The minimum absolute atomic E-state index is 0.366. The Morgan fingerprint density at radius 1 is 1.06 bits per heavy atom. The molecule has 1 aromatic carbocycles. The molecule has 3 rings (SSSR count). The van der Waals surface area contributed by atoms with Gasteiger partial charge in [0.2, 0.25) is 0 Å². The summed E-state index contributed by atoms with van der Waals surface area (Å²) in [6.45, 7) is 0. The van der Waals surface area contributed by atoms with Crippen LogP contribution in [0.25, 0.3) is 0 Å². The van der Waals surface area contributed by atoms with Crippen LogP contribution >= 0.6 is 0 Å². The molecule has 1 saturated carbocycles. The van der Waals surface area contributed by atoms with Crippen molar-refractivity contribution in [1.29, 1.82) is 0 Å². The molecule has 90 valence electrons. The topological polar surface area (TPSA) is 41.8 Å². The second kappa shape index (κ2) is 4.06. The second-order valence-corrected chi connectivity index (χ2v) is 4.96. The average molecular weight is 231 g/mol. The maximum Gasteiger partial charge on any atom is 0.155 e. The molecule has 0 amide bonds. The molecule has 0 bridgehead atoms. The zero-order chi connectivity index (χ0) is 11.7. The highest BCUT2D eigenvalue weighted by atomic mass is 16.5. The number of ether oxygens (including phenoxy) is 1. The van der Waals surface area contributed by atoms with Gasteiger partial charge in [-0.05, 0) is 37.8 Å². The van der Waals surface area contributed by atoms with Crippen LogP contribution in [0.2, 0.25) is 0 Å². The lowest BCUT2D eigenvalue weighted by atomic mass is 9.87. The first-order valence-electron chi connectivity index (χ1n) is 6.37. The van der Waals surface area contributed by atoms with E-state index in [-0.39, 0.29) is 5.60 Å². The number of hydrogen-bond acceptors (Lipinski definition) is 3. The van der Waals surface area contributed by atoms with Gasteiger partial charge >= 0.3 is 0 Å². The lowest BCUT2D eigenvalue weighted by Crippen LogP contribution is -2.40. The zero-order valence-corrected chi connectivity index (χ0v) is 9.85. The first-order valence-corrected chi connectivity index (χ1v) is 6.37. The fourth-order valence-electron chi connectivity index (χ4n) is 3.04. The van der Waals surface area contributed by atoms with Crippen molar-refractivity contribution in [3.8, 4) is 5.75 Å². The van der Waals surface area contributed by atoms with Crippen molar-refractivity contribution in [1.82, 2.24) is 0 Å². The van der Waals surface area contributed by atoms with E-state index in [0.717, 1.165) is 42.7 Å². The van der Waals surface area contributed by atoms with Gasteiger partial charge in [-0.1, -0.05) is 30.1 Å². The predicted octanol–water partition coefficient (Wildman–Crippen LogP) is 3.35. The predicted molar refractivity (Wildman–Crippen MR) is 65.8 cm³/mol. The summed E-state index contributed by atoms with van der Waals surface area (Å²) in [5.41, 5.74) is 1.32. The Morgan fingerprint density at radius 3 is 2.47 bits per heavy atom. The summed E-state index contributed by atoms with van der Waals surface area (Å²) in [6.07, 6.45) is 6.71. The van der Waals surface area contributed by atoms with Gasteiger partial charge in [-0.2, -0.15) is 0 Å². The van der Waals surface area contributed by atoms with Gasteiger partial charge in [0, 0.05) is 5.56 Å². The molecule has 1 fully saturated rings. The molecular weight excluding hydrogens is 214 g/mol. The molecule has 1 aromatic rings. The maximum absolute atomic E-state index is 9.33. The summed E-state index contributed by atoms with van der Waals surface area (Å²) >= 11 is 0. The molecule has 3 heteroatoms. The van der Waals surface area contributed by atoms with Gasteiger partial charge in [0.25, 0.3) is 0 Å². The smallest absolute Gasteiger partial charge is 0.155 e. The number of nitrogens with zero attached hydrogens (tertiary/aromatic N) is 1. The van der Waals surface area contributed by atoms with Crippen molar-refractivity contribution < 1.29 is 9.94 Å². The molecule has 1 spiro atoms. The summed E-state index contributed by atoms with van der Waals surface area (Å²) in [7, 11) is 0. The van der Waals surface area contributed by atoms with Crippen LogP contribution in [0.5, 0.6) is 5.75 Å². The number of fused-ring (bicyclic) bond motifs is 1. The van der Waals surface area contributed by atoms with Gasteiger partial charge in [-0.25, -0.2) is 0 Å². The molecule has 0 atom stereocenters. The molecular formula is C14H17NO2. The lowest BCUT2D eigenvalue weighted by molar-refractivity contribution is 0.132. The van der Waals surface area contributed by atoms with Gasteiger partial charge in [0.1, 0.15) is 11.5 Å². The van der Waals surface area contributed by atoms with Crippen molar-refractivity contribution in [2.75, 3.05) is 0 Å². The van der Waals surface area contributed by atoms with E-state index in [0.29, 0.717) is 0 Å². The summed E-state index contributed by atoms with van der Waals surface area (Å²) < 4.78 is 6.13. The molecule has 1 aliphatic heterocycles. The summed E-state index contributed by atoms with van der Waals surface area (Å²) in [4.78, 5) is 0. The minimum Gasteiger partial charge on any atom is -0.480 e. The van der Waals surface area contributed by atoms with E-state index in [1.807, 2.05) is 24.3 Å². The number of para-hydroxylation sites is 1. The van der Waals surface area contributed by atoms with E-state index in [1.54, 1.807) is 0 Å². The number of benzene rings is 1. The molecule has 2 aliphatic rings. The van der Waals surface area contributed by atoms with Gasteiger partial charge in [-0.3, -0.25) is 0 Å². The van der Waals surface area contributed by atoms with E-state index in [2.05, 4.69) is 5.16 Å². The normalized spacial score (nSPS) is 24.4. The van der Waals surface area contributed by atoms with Crippen molar-refractivity contribution in [2.45, 2.75) is 44.1 Å². The Bertz CT molecular complexity index is 445. The third kappa shape index (κ3) is 1.61. The fraction of sp³-hybridized carbons (Fsp3) is 0.500. The van der Waals surface area contributed by atoms with Gasteiger partial charge in [0.05, 0.1) is 0 Å². The van der Waals surface area contributed by atoms with Crippen LogP contribution in [0.3, 0.4) is 0 Å². The molecule has 1 heterocycles. The third-order valence-corrected chi connectivity index (χ3v) is 3.89. The number of oxime groups is 1. The van der Waals surface area contributed by atoms with Crippen LogP contribution in [0.15, 0.2) is 29.4 Å². The average Bonchev–Trinajstić information content (AvgIpc) is 2.48. The van der Waals surface area contributed by atoms with Crippen molar-refractivity contribution in [3.05, 3.63) is 29.8 Å². The highest BCUT2D eigenvalue weighted by Crippen LogP contribution is 2.42. The van der Waals surface area contributed by atoms with E-state index < -0.39 is 0 Å². The summed E-state index contributed by atoms with van der Waals surface area (Å²) in [6, 6.07) is 7.86. The van der Waals surface area contributed by atoms with Crippen molar-refractivity contribution in [3.63, 3.8) is 0 Å². The van der Waals surface area contributed by atoms with E-state index in [1.165, 1.54) is 12.8 Å². The molecule has 3 nitrogen and oxygen atoms in total. The molecule has 0 aromatic heterocycles. The van der Waals surface area contributed by atoms with Crippen LogP contribution in [-0.2, 0) is 0 Å². The van der Waals surface area contributed by atoms with Crippen molar-refractivity contribution in [2.24, 2.45) is 5.16 Å². The molecule has 0 saturated heterocycles. The van der Waals surface area contributed by atoms with Gasteiger partial charge < -0.3 is 9.94 Å². The van der Waals surface area contributed by atoms with E-state index >= 15 is 0 Å². The highest BCUT2D eigenvalue weighted by molar-refractivity contribution is 6.10. The first-order chi connectivity index (χ1) is 8.36. The first kappa shape index (κ1) is 10.6. The summed E-state index contributed by atoms with van der Waals surface area (Å²) in [5, 5.41) is 12.9. The number of rotatable bonds is 0. The molecule has 17 heavy (non-hydrogen) atoms. The second-order valence-electron chi connectivity index (χ2n) is 4.96. The van der Waals surface area contributed by atoms with Crippen LogP contribution in [0.1, 0.15) is 44.1 Å². The van der Waals surface area contributed by atoms with Crippen molar-refractivity contribution >= 4 is 5.71 Å². The molecule has 0 unspecified atom stereocenters. The Hall–Kier alpha value is -1.51. The van der Waals surface area contributed by atoms with E-state index in [4.69, 9.17) is 4.74 Å². The standard InChI is InChI=1S/C14H17NO2/c16-15-13-11-7-3-4-8-12(11)17-14(13)9-5-1-2-6-10-14/h3-4,7-8,16H,1-2,5-6,9-10H2. The minimum atomic E-state index is -0.366. The molecule has 0 radical (unpaired) electrons. The fourth-order valence-corrected chi connectivity index (χ4v) is 3.04. The lowest BCUT2D eigenvalue weighted by Gasteiger charge is -2.27. The quantitative estimate of drug-likeness (QED) is 0.549. The SMILES string of the molecule is ON=C1c2ccccc2OC12CCCCCC2. The zero-order valence-electron chi connectivity index (χ0n) is 9.85. The van der Waals surface area contributed by atoms with Gasteiger partial charge in [0.15, 0.2) is 5.60 Å². The van der Waals surface area contributed by atoms with E-state index in [9.17, 15) is 5.21 Å². The van der Waals surface area contributed by atoms with Gasteiger partial charge in [-0.15, -0.1) is 0 Å². The Kier molecular flexibility index (Phi) is 2.54. The Balaban J connectivity index is 2.04. The summed E-state index contributed by atoms with van der Waals surface area (Å²) in [5.74, 6) is 0.863. The largest absolute Gasteiger partial charge is 0.480 e. The highest BCUT2D eigenvalue weighted by Gasteiger charge is 2.45. The van der Waals surface area contributed by atoms with Crippen LogP contribution < -0.4 is 4.74 Å². The number of hydrogen-bond donors (Lipinski definition) is 1. The molecule has 1 aliphatic carbocycles. The Morgan fingerprint density at radius 2 is 1.76 bits per heavy atom. The monoisotopic (exact) mass is 231 g/mol. The third-order valence-electron chi connectivity index (χ3n) is 3.89. The van der Waals surface area contributed by atoms with Crippen LogP contribution in [0.4, 0.5) is 0 Å². The molecule has 1 N–H and O–H groups in total. The Labute approximate surface area is 101 Å². The van der Waals surface area contributed by atoms with Crippen LogP contribution in [0, 0.1) is 0 Å².